The van der Waals surface area contributed by atoms with Crippen LogP contribution in [0.2, 0.25) is 0 Å². The molecule has 0 atom stereocenters. The average Bonchev–Trinajstić information content (AvgIpc) is 3.12. The maximum Gasteiger partial charge on any atom is 0.146 e. The summed E-state index contributed by atoms with van der Waals surface area (Å²) in [5.74, 6) is 2.86. The zero-order chi connectivity index (χ0) is 14.7. The van der Waals surface area contributed by atoms with Gasteiger partial charge in [-0.25, -0.2) is 0 Å². The second-order valence-corrected chi connectivity index (χ2v) is 6.42. The number of hydrogen-bond acceptors (Lipinski definition) is 5. The van der Waals surface area contributed by atoms with Crippen molar-refractivity contribution in [1.82, 2.24) is 24.6 Å². The molecule has 0 radical (unpaired) electrons. The highest BCUT2D eigenvalue weighted by Crippen LogP contribution is 2.26. The number of piperidine rings is 1. The van der Waals surface area contributed by atoms with Crippen LogP contribution >= 0.6 is 0 Å². The minimum atomic E-state index is 0.559. The molecule has 6 heteroatoms. The molecule has 0 aromatic carbocycles. The summed E-state index contributed by atoms with van der Waals surface area (Å²) in [7, 11) is 2.13. The predicted molar refractivity (Wildman–Crippen MR) is 83.0 cm³/mol. The largest absolute Gasteiger partial charge is 0.329 e. The number of rotatable bonds is 5. The number of likely N-dealkylation sites (tertiary alicyclic amines) is 2. The van der Waals surface area contributed by atoms with Gasteiger partial charge in [0, 0.05) is 26.1 Å². The highest BCUT2D eigenvalue weighted by Gasteiger charge is 2.25. The first kappa shape index (κ1) is 14.9. The Balaban J connectivity index is 1.60. The van der Waals surface area contributed by atoms with Gasteiger partial charge in [0.15, 0.2) is 0 Å². The highest BCUT2D eigenvalue weighted by molar-refractivity contribution is 5.03. The summed E-state index contributed by atoms with van der Waals surface area (Å²) in [6.45, 7) is 7.42. The van der Waals surface area contributed by atoms with Crippen molar-refractivity contribution in [2.24, 2.45) is 12.8 Å². The van der Waals surface area contributed by atoms with E-state index in [1.54, 1.807) is 0 Å². The van der Waals surface area contributed by atoms with Crippen LogP contribution in [-0.4, -0.2) is 63.8 Å². The van der Waals surface area contributed by atoms with E-state index in [-0.39, 0.29) is 0 Å². The number of hydrogen-bond donors (Lipinski definition) is 1. The Hall–Kier alpha value is -0.980. The smallest absolute Gasteiger partial charge is 0.146 e. The predicted octanol–water partition coefficient (Wildman–Crippen LogP) is 0.549. The summed E-state index contributed by atoms with van der Waals surface area (Å²) in [6.07, 6.45) is 5.00. The first-order valence-electron chi connectivity index (χ1n) is 8.31. The van der Waals surface area contributed by atoms with Crippen molar-refractivity contribution in [3.8, 4) is 0 Å². The van der Waals surface area contributed by atoms with Crippen molar-refractivity contribution in [2.45, 2.75) is 38.1 Å². The second-order valence-electron chi connectivity index (χ2n) is 6.42. The Bertz CT molecular complexity index is 443. The first-order valence-corrected chi connectivity index (χ1v) is 8.31. The Morgan fingerprint density at radius 2 is 1.76 bits per heavy atom. The lowest BCUT2D eigenvalue weighted by Gasteiger charge is -2.31. The molecular formula is C15H28N6. The van der Waals surface area contributed by atoms with Crippen molar-refractivity contribution in [2.75, 3.05) is 39.3 Å². The van der Waals surface area contributed by atoms with Gasteiger partial charge < -0.3 is 15.2 Å². The average molecular weight is 292 g/mol. The highest BCUT2D eigenvalue weighted by atomic mass is 15.3. The molecule has 2 aliphatic heterocycles. The molecule has 3 rings (SSSR count). The van der Waals surface area contributed by atoms with Crippen LogP contribution in [0, 0.1) is 0 Å². The van der Waals surface area contributed by atoms with Crippen LogP contribution in [0.15, 0.2) is 0 Å². The topological polar surface area (TPSA) is 63.2 Å². The maximum absolute atomic E-state index is 5.64. The van der Waals surface area contributed by atoms with Gasteiger partial charge in [-0.15, -0.1) is 10.2 Å². The van der Waals surface area contributed by atoms with Gasteiger partial charge in [-0.2, -0.15) is 0 Å². The van der Waals surface area contributed by atoms with Crippen LogP contribution in [0.4, 0.5) is 0 Å². The van der Waals surface area contributed by atoms with Gasteiger partial charge in [0.1, 0.15) is 11.6 Å². The lowest BCUT2D eigenvalue weighted by Crippen LogP contribution is -2.37. The van der Waals surface area contributed by atoms with Crippen LogP contribution in [0.25, 0.3) is 0 Å². The molecule has 1 aromatic rings. The molecule has 2 N–H and O–H groups in total. The summed E-state index contributed by atoms with van der Waals surface area (Å²) in [5.41, 5.74) is 5.64. The summed E-state index contributed by atoms with van der Waals surface area (Å²) >= 11 is 0. The van der Waals surface area contributed by atoms with E-state index in [1.165, 1.54) is 44.6 Å². The summed E-state index contributed by atoms with van der Waals surface area (Å²) in [4.78, 5) is 4.94. The van der Waals surface area contributed by atoms with Crippen molar-refractivity contribution in [3.05, 3.63) is 11.6 Å². The van der Waals surface area contributed by atoms with Crippen LogP contribution in [0.3, 0.4) is 0 Å². The lowest BCUT2D eigenvalue weighted by molar-refractivity contribution is 0.213. The molecule has 2 aliphatic rings. The van der Waals surface area contributed by atoms with Gasteiger partial charge in [0.05, 0.1) is 6.54 Å². The van der Waals surface area contributed by atoms with E-state index >= 15 is 0 Å². The van der Waals surface area contributed by atoms with Gasteiger partial charge in [0.25, 0.3) is 0 Å². The SMILES string of the molecule is Cn1c(CN2CCCC2)nnc1C1CCN(CCN)CC1. The standard InChI is InChI=1S/C15H28N6/c1-19-14(12-21-7-2-3-8-21)17-18-15(19)13-4-9-20(10-5-13)11-6-16/h13H,2-12,16H2,1H3. The molecule has 0 amide bonds. The molecule has 21 heavy (non-hydrogen) atoms. The number of nitrogens with zero attached hydrogens (tertiary/aromatic N) is 5. The fourth-order valence-electron chi connectivity index (χ4n) is 3.61. The fourth-order valence-corrected chi connectivity index (χ4v) is 3.61. The Morgan fingerprint density at radius 1 is 1.05 bits per heavy atom. The van der Waals surface area contributed by atoms with Gasteiger partial charge >= 0.3 is 0 Å². The first-order chi connectivity index (χ1) is 10.3. The van der Waals surface area contributed by atoms with Crippen LogP contribution in [0.5, 0.6) is 0 Å². The fraction of sp³-hybridized carbons (Fsp3) is 0.867. The Kier molecular flexibility index (Phi) is 4.87. The number of nitrogens with two attached hydrogens (primary N) is 1. The minimum Gasteiger partial charge on any atom is -0.329 e. The monoisotopic (exact) mass is 292 g/mol. The Labute approximate surface area is 127 Å². The van der Waals surface area contributed by atoms with E-state index < -0.39 is 0 Å². The molecule has 0 spiro atoms. The van der Waals surface area contributed by atoms with Crippen LogP contribution in [0.1, 0.15) is 43.3 Å². The second kappa shape index (κ2) is 6.85. The van der Waals surface area contributed by atoms with E-state index in [9.17, 15) is 0 Å². The van der Waals surface area contributed by atoms with Gasteiger partial charge in [-0.05, 0) is 51.9 Å². The molecule has 0 saturated carbocycles. The van der Waals surface area contributed by atoms with Gasteiger partial charge in [-0.3, -0.25) is 4.90 Å². The molecule has 0 aliphatic carbocycles. The van der Waals surface area contributed by atoms with E-state index in [4.69, 9.17) is 5.73 Å². The normalized spacial score (nSPS) is 22.2. The molecule has 6 nitrogen and oxygen atoms in total. The third-order valence-corrected chi connectivity index (χ3v) is 4.96. The third kappa shape index (κ3) is 3.44. The molecule has 0 unspecified atom stereocenters. The van der Waals surface area contributed by atoms with Crippen molar-refractivity contribution in [1.29, 1.82) is 0 Å². The molecule has 2 saturated heterocycles. The molecule has 2 fully saturated rings. The van der Waals surface area contributed by atoms with E-state index in [0.29, 0.717) is 5.92 Å². The van der Waals surface area contributed by atoms with Gasteiger partial charge in [-0.1, -0.05) is 0 Å². The molecular weight excluding hydrogens is 264 g/mol. The summed E-state index contributed by atoms with van der Waals surface area (Å²) < 4.78 is 2.24. The molecule has 1 aromatic heterocycles. The quantitative estimate of drug-likeness (QED) is 0.858. The zero-order valence-electron chi connectivity index (χ0n) is 13.2. The van der Waals surface area contributed by atoms with Crippen LogP contribution in [-0.2, 0) is 13.6 Å². The van der Waals surface area contributed by atoms with E-state index in [0.717, 1.165) is 38.5 Å². The minimum absolute atomic E-state index is 0.559. The van der Waals surface area contributed by atoms with E-state index in [1.807, 2.05) is 0 Å². The van der Waals surface area contributed by atoms with Gasteiger partial charge in [0.2, 0.25) is 0 Å². The molecule has 118 valence electrons. The van der Waals surface area contributed by atoms with Crippen molar-refractivity contribution < 1.29 is 0 Å². The summed E-state index contributed by atoms with van der Waals surface area (Å²) in [6, 6.07) is 0. The Morgan fingerprint density at radius 3 is 2.43 bits per heavy atom. The van der Waals surface area contributed by atoms with E-state index in [2.05, 4.69) is 31.6 Å². The van der Waals surface area contributed by atoms with Crippen LogP contribution < -0.4 is 5.73 Å². The zero-order valence-corrected chi connectivity index (χ0v) is 13.2. The van der Waals surface area contributed by atoms with Crippen molar-refractivity contribution in [3.63, 3.8) is 0 Å². The lowest BCUT2D eigenvalue weighted by atomic mass is 9.96. The molecule has 0 bridgehead atoms. The third-order valence-electron chi connectivity index (χ3n) is 4.96. The maximum atomic E-state index is 5.64. The number of aromatic nitrogens is 3. The van der Waals surface area contributed by atoms with Crippen molar-refractivity contribution >= 4 is 0 Å². The molecule has 3 heterocycles. The summed E-state index contributed by atoms with van der Waals surface area (Å²) in [5, 5.41) is 8.94.